The van der Waals surface area contributed by atoms with Crippen molar-refractivity contribution in [3.63, 3.8) is 0 Å². The summed E-state index contributed by atoms with van der Waals surface area (Å²) in [5.74, 6) is 0. The molecule has 2 rings (SSSR count). The van der Waals surface area contributed by atoms with Crippen LogP contribution >= 0.6 is 11.3 Å². The molecule has 5 nitrogen and oxygen atoms in total. The van der Waals surface area contributed by atoms with E-state index in [4.69, 9.17) is 5.73 Å². The summed E-state index contributed by atoms with van der Waals surface area (Å²) in [5, 5.41) is 7.36. The first-order chi connectivity index (χ1) is 9.53. The summed E-state index contributed by atoms with van der Waals surface area (Å²) in [6.07, 6.45) is 0.902. The number of benzene rings is 1. The Morgan fingerprint density at radius 2 is 2.10 bits per heavy atom. The van der Waals surface area contributed by atoms with Crippen molar-refractivity contribution in [2.75, 3.05) is 24.6 Å². The molecule has 0 aliphatic heterocycles. The predicted molar refractivity (Wildman–Crippen MR) is 83.6 cm³/mol. The molecule has 0 saturated heterocycles. The Morgan fingerprint density at radius 1 is 1.30 bits per heavy atom. The number of anilines is 2. The number of nitrogens with one attached hydrogen (secondary N) is 2. The summed E-state index contributed by atoms with van der Waals surface area (Å²) in [7, 11) is -2.08. The van der Waals surface area contributed by atoms with Crippen LogP contribution in [-0.2, 0) is 16.4 Å². The van der Waals surface area contributed by atoms with E-state index < -0.39 is 10.0 Å². The highest BCUT2D eigenvalue weighted by Crippen LogP contribution is 2.22. The van der Waals surface area contributed by atoms with Crippen LogP contribution in [0.5, 0.6) is 0 Å². The number of sulfonamides is 1. The lowest BCUT2D eigenvalue weighted by Gasteiger charge is -2.10. The fraction of sp³-hybridized carbons (Fsp3) is 0.231. The minimum atomic E-state index is -3.45. The van der Waals surface area contributed by atoms with Crippen molar-refractivity contribution in [3.05, 3.63) is 40.6 Å². The molecule has 1 aromatic carbocycles. The molecule has 0 amide bonds. The first-order valence-corrected chi connectivity index (χ1v) is 8.53. The highest BCUT2D eigenvalue weighted by atomic mass is 32.2. The first kappa shape index (κ1) is 14.8. The van der Waals surface area contributed by atoms with Gasteiger partial charge in [-0.1, -0.05) is 0 Å². The maximum absolute atomic E-state index is 11.6. The van der Waals surface area contributed by atoms with Gasteiger partial charge in [0, 0.05) is 6.54 Å². The monoisotopic (exact) mass is 311 g/mol. The van der Waals surface area contributed by atoms with E-state index in [2.05, 4.69) is 21.5 Å². The van der Waals surface area contributed by atoms with E-state index in [0.717, 1.165) is 18.7 Å². The van der Waals surface area contributed by atoms with Gasteiger partial charge < -0.3 is 11.1 Å². The van der Waals surface area contributed by atoms with Crippen LogP contribution in [0.2, 0.25) is 0 Å². The van der Waals surface area contributed by atoms with Crippen molar-refractivity contribution in [2.45, 2.75) is 11.3 Å². The van der Waals surface area contributed by atoms with Crippen LogP contribution in [0.25, 0.3) is 0 Å². The van der Waals surface area contributed by atoms with Gasteiger partial charge in [-0.3, -0.25) is 0 Å². The van der Waals surface area contributed by atoms with Crippen molar-refractivity contribution in [1.82, 2.24) is 4.72 Å². The Kier molecular flexibility index (Phi) is 4.64. The van der Waals surface area contributed by atoms with Gasteiger partial charge in [-0.15, -0.1) is 0 Å². The molecule has 4 N–H and O–H groups in total. The lowest BCUT2D eigenvalue weighted by Crippen LogP contribution is -2.19. The van der Waals surface area contributed by atoms with E-state index in [1.165, 1.54) is 24.7 Å². The zero-order valence-electron chi connectivity index (χ0n) is 11.1. The molecule has 1 aromatic heterocycles. The molecule has 0 unspecified atom stereocenters. The van der Waals surface area contributed by atoms with Gasteiger partial charge in [0.05, 0.1) is 16.3 Å². The maximum Gasteiger partial charge on any atom is 0.240 e. The van der Waals surface area contributed by atoms with Gasteiger partial charge in [0.2, 0.25) is 10.0 Å². The Bertz CT molecular complexity index is 667. The molecule has 1 heterocycles. The molecular weight excluding hydrogens is 294 g/mol. The molecule has 7 heteroatoms. The molecule has 0 aliphatic carbocycles. The van der Waals surface area contributed by atoms with E-state index in [1.54, 1.807) is 17.4 Å². The van der Waals surface area contributed by atoms with Crippen molar-refractivity contribution in [2.24, 2.45) is 0 Å². The Balaban J connectivity index is 2.03. The maximum atomic E-state index is 11.6. The number of hydrogen-bond donors (Lipinski definition) is 3. The second kappa shape index (κ2) is 6.25. The van der Waals surface area contributed by atoms with Crippen molar-refractivity contribution >= 4 is 32.7 Å². The first-order valence-electron chi connectivity index (χ1n) is 6.11. The van der Waals surface area contributed by atoms with Crippen molar-refractivity contribution in [1.29, 1.82) is 0 Å². The molecule has 0 atom stereocenters. The lowest BCUT2D eigenvalue weighted by atomic mass is 10.2. The zero-order chi connectivity index (χ0) is 14.6. The predicted octanol–water partition coefficient (Wildman–Crippen LogP) is 1.89. The second-order valence-electron chi connectivity index (χ2n) is 4.26. The minimum absolute atomic E-state index is 0.167. The largest absolute Gasteiger partial charge is 0.397 e. The third kappa shape index (κ3) is 3.50. The third-order valence-electron chi connectivity index (χ3n) is 2.91. The van der Waals surface area contributed by atoms with E-state index >= 15 is 0 Å². The molecular formula is C13H17N3O2S2. The molecule has 0 saturated carbocycles. The Hall–Kier alpha value is -1.57. The quantitative estimate of drug-likeness (QED) is 0.711. The summed E-state index contributed by atoms with van der Waals surface area (Å²) in [6.45, 7) is 0.749. The van der Waals surface area contributed by atoms with Crippen LogP contribution in [0.1, 0.15) is 5.56 Å². The van der Waals surface area contributed by atoms with E-state index in [0.29, 0.717) is 5.69 Å². The number of rotatable bonds is 6. The number of hydrogen-bond acceptors (Lipinski definition) is 5. The van der Waals surface area contributed by atoms with Crippen molar-refractivity contribution < 1.29 is 8.42 Å². The molecule has 0 radical (unpaired) electrons. The molecule has 0 aliphatic rings. The van der Waals surface area contributed by atoms with Gasteiger partial charge in [0.25, 0.3) is 0 Å². The molecule has 2 aromatic rings. The number of nitrogens with two attached hydrogens (primary N) is 1. The van der Waals surface area contributed by atoms with Crippen LogP contribution in [0.3, 0.4) is 0 Å². The summed E-state index contributed by atoms with van der Waals surface area (Å²) < 4.78 is 25.6. The summed E-state index contributed by atoms with van der Waals surface area (Å²) in [5.41, 5.74) is 8.32. The van der Waals surface area contributed by atoms with Crippen LogP contribution in [-0.4, -0.2) is 22.0 Å². The summed E-state index contributed by atoms with van der Waals surface area (Å²) in [6, 6.07) is 6.76. The number of nitrogen functional groups attached to an aromatic ring is 1. The Labute approximate surface area is 122 Å². The van der Waals surface area contributed by atoms with E-state index in [9.17, 15) is 8.42 Å². The van der Waals surface area contributed by atoms with Crippen molar-refractivity contribution in [3.8, 4) is 0 Å². The SMILES string of the molecule is CNS(=O)(=O)c1ccc(NCCc2ccsc2)c(N)c1. The smallest absolute Gasteiger partial charge is 0.240 e. The fourth-order valence-corrected chi connectivity index (χ4v) is 3.23. The van der Waals surface area contributed by atoms with Crippen LogP contribution in [0.15, 0.2) is 39.9 Å². The molecule has 20 heavy (non-hydrogen) atoms. The van der Waals surface area contributed by atoms with Gasteiger partial charge in [-0.2, -0.15) is 11.3 Å². The summed E-state index contributed by atoms with van der Waals surface area (Å²) >= 11 is 1.67. The minimum Gasteiger partial charge on any atom is -0.397 e. The topological polar surface area (TPSA) is 84.2 Å². The zero-order valence-corrected chi connectivity index (χ0v) is 12.7. The number of thiophene rings is 1. The normalized spacial score (nSPS) is 11.4. The molecule has 0 spiro atoms. The van der Waals surface area contributed by atoms with E-state index in [-0.39, 0.29) is 4.90 Å². The fourth-order valence-electron chi connectivity index (χ4n) is 1.76. The van der Waals surface area contributed by atoms with Gasteiger partial charge in [-0.05, 0) is 54.1 Å². The van der Waals surface area contributed by atoms with Gasteiger partial charge in [-0.25, -0.2) is 13.1 Å². The highest BCUT2D eigenvalue weighted by molar-refractivity contribution is 7.89. The average Bonchev–Trinajstić information content (AvgIpc) is 2.93. The van der Waals surface area contributed by atoms with Gasteiger partial charge in [0.15, 0.2) is 0 Å². The highest BCUT2D eigenvalue weighted by Gasteiger charge is 2.12. The van der Waals surface area contributed by atoms with Gasteiger partial charge in [0.1, 0.15) is 0 Å². The molecule has 0 fully saturated rings. The molecule has 0 bridgehead atoms. The standard InChI is InChI=1S/C13H17N3O2S2/c1-15-20(17,18)11-2-3-13(12(14)8-11)16-6-4-10-5-7-19-9-10/h2-3,5,7-9,15-16H,4,6,14H2,1H3. The van der Waals surface area contributed by atoms with Gasteiger partial charge >= 0.3 is 0 Å². The lowest BCUT2D eigenvalue weighted by molar-refractivity contribution is 0.588. The Morgan fingerprint density at radius 3 is 2.70 bits per heavy atom. The van der Waals surface area contributed by atoms with Crippen LogP contribution in [0, 0.1) is 0 Å². The van der Waals surface area contributed by atoms with E-state index in [1.807, 2.05) is 5.38 Å². The van der Waals surface area contributed by atoms with Crippen LogP contribution < -0.4 is 15.8 Å². The average molecular weight is 311 g/mol. The summed E-state index contributed by atoms with van der Waals surface area (Å²) in [4.78, 5) is 0.167. The molecule has 108 valence electrons. The second-order valence-corrected chi connectivity index (χ2v) is 6.93. The van der Waals surface area contributed by atoms with Crippen LogP contribution in [0.4, 0.5) is 11.4 Å². The third-order valence-corrected chi connectivity index (χ3v) is 5.06.